The first-order chi connectivity index (χ1) is 19.5. The molecule has 0 heterocycles. The maximum Gasteiger partial charge on any atom is 0.306 e. The number of aliphatic hydroxyl groups excluding tert-OH is 2. The number of carbonyl (C=O) groups excluding carboxylic acids is 2. The summed E-state index contributed by atoms with van der Waals surface area (Å²) in [5, 5.41) is 19.8. The van der Waals surface area contributed by atoms with E-state index in [1.54, 1.807) is 6.92 Å². The molecule has 40 heavy (non-hydrogen) atoms. The molecule has 0 radical (unpaired) electrons. The Morgan fingerprint density at radius 1 is 0.750 bits per heavy atom. The van der Waals surface area contributed by atoms with Gasteiger partial charge < -0.3 is 19.7 Å². The summed E-state index contributed by atoms with van der Waals surface area (Å²) in [5.74, 6) is 31.8. The van der Waals surface area contributed by atoms with Crippen molar-refractivity contribution in [3.63, 3.8) is 0 Å². The number of ether oxygens (including phenoxy) is 2. The standard InChI is InChI=1S/C17H7NO.C16H32O5.13H2/c1-3-4-5-6-7-8-9-10-11-12-13-14-15-16-18-17(2)19;1-2-3-4-5-6-7-8-9-10-11-16(19)21-15(12-17)13-20-14-18;;;;;;;;;;;;;/h1-2H3,(H,18,19);15,17-18H,2-14H2,1H3;13*1H/t;15-;;;;;;;;;;;;;/m.1............./s1. The number of aliphatic hydroxyl groups is 2. The summed E-state index contributed by atoms with van der Waals surface area (Å²) in [6.07, 6.45) is 10.5. The third-order valence-corrected chi connectivity index (χ3v) is 4.49. The summed E-state index contributed by atoms with van der Waals surface area (Å²) in [4.78, 5) is 22.0. The fourth-order valence-electron chi connectivity index (χ4n) is 2.66. The average Bonchev–Trinajstić information content (AvgIpc) is 2.94. The highest BCUT2D eigenvalue weighted by Crippen LogP contribution is 2.11. The van der Waals surface area contributed by atoms with Gasteiger partial charge in [0, 0.05) is 73.5 Å². The quantitative estimate of drug-likeness (QED) is 0.0721. The van der Waals surface area contributed by atoms with Crippen molar-refractivity contribution in [2.24, 2.45) is 0 Å². The topological polar surface area (TPSA) is 105 Å². The Morgan fingerprint density at radius 3 is 1.68 bits per heavy atom. The van der Waals surface area contributed by atoms with Gasteiger partial charge in [-0.1, -0.05) is 64.2 Å². The SMILES string of the molecule is CC#CC#CC#CC#CC#CC#CC#CNC(C)=O.CCCCCCCCCCCC(=O)O[C@H](CO)COCO.[HH].[HH].[HH].[HH].[HH].[HH].[HH].[HH].[HH].[HH].[HH].[HH].[HH]. The van der Waals surface area contributed by atoms with Crippen LogP contribution in [0.15, 0.2) is 0 Å². The van der Waals surface area contributed by atoms with Gasteiger partial charge >= 0.3 is 5.97 Å². The third-order valence-electron chi connectivity index (χ3n) is 4.49. The zero-order chi connectivity index (χ0) is 29.9. The Bertz CT molecular complexity index is 1200. The molecule has 0 aromatic heterocycles. The van der Waals surface area contributed by atoms with Crippen LogP contribution < -0.4 is 5.32 Å². The van der Waals surface area contributed by atoms with Gasteiger partial charge in [0.05, 0.1) is 13.2 Å². The van der Waals surface area contributed by atoms with E-state index in [9.17, 15) is 9.59 Å². The molecule has 1 atom stereocenters. The average molecular weight is 572 g/mol. The van der Waals surface area contributed by atoms with E-state index in [2.05, 4.69) is 95.3 Å². The van der Waals surface area contributed by atoms with Crippen molar-refractivity contribution in [2.75, 3.05) is 20.0 Å². The summed E-state index contributed by atoms with van der Waals surface area (Å²) in [6.45, 7) is 4.57. The first-order valence-electron chi connectivity index (χ1n) is 13.2. The molecule has 0 aromatic rings. The van der Waals surface area contributed by atoms with Gasteiger partial charge in [-0.05, 0) is 48.9 Å². The van der Waals surface area contributed by atoms with Gasteiger partial charge in [-0.25, -0.2) is 0 Å². The van der Waals surface area contributed by atoms with Gasteiger partial charge in [0.25, 0.3) is 0 Å². The Balaban J connectivity index is -0.0000000337. The van der Waals surface area contributed by atoms with Crippen molar-refractivity contribution >= 4 is 11.9 Å². The van der Waals surface area contributed by atoms with E-state index in [1.165, 1.54) is 45.4 Å². The highest BCUT2D eigenvalue weighted by molar-refractivity contribution is 5.75. The predicted octanol–water partition coefficient (Wildman–Crippen LogP) is 6.10. The number of rotatable bonds is 15. The molecule has 3 N–H and O–H groups in total. The number of hydrogen-bond donors (Lipinski definition) is 3. The highest BCUT2D eigenvalue weighted by Gasteiger charge is 2.13. The van der Waals surface area contributed by atoms with Gasteiger partial charge in [0.15, 0.2) is 0 Å². The van der Waals surface area contributed by atoms with Crippen molar-refractivity contribution in [3.05, 3.63) is 0 Å². The molecule has 0 spiro atoms. The van der Waals surface area contributed by atoms with Crippen LogP contribution in [0.5, 0.6) is 0 Å². The Kier molecular flexibility index (Phi) is 31.0. The van der Waals surface area contributed by atoms with E-state index < -0.39 is 12.9 Å². The monoisotopic (exact) mass is 571 g/mol. The van der Waals surface area contributed by atoms with Crippen LogP contribution >= 0.6 is 0 Å². The second-order valence-electron chi connectivity index (χ2n) is 7.93. The van der Waals surface area contributed by atoms with E-state index in [-0.39, 0.29) is 43.6 Å². The van der Waals surface area contributed by atoms with Gasteiger partial charge in [-0.15, -0.1) is 0 Å². The van der Waals surface area contributed by atoms with Crippen LogP contribution in [0.3, 0.4) is 0 Å². The Morgan fingerprint density at radius 2 is 1.23 bits per heavy atom. The summed E-state index contributed by atoms with van der Waals surface area (Å²) in [6, 6.07) is 2.34. The van der Waals surface area contributed by atoms with Crippen LogP contribution in [0.2, 0.25) is 0 Å². The van der Waals surface area contributed by atoms with Gasteiger partial charge in [0.2, 0.25) is 5.91 Å². The molecule has 0 aliphatic heterocycles. The van der Waals surface area contributed by atoms with E-state index >= 15 is 0 Å². The van der Waals surface area contributed by atoms with Gasteiger partial charge in [-0.3, -0.25) is 14.9 Å². The molecule has 0 saturated carbocycles. The van der Waals surface area contributed by atoms with Crippen molar-refractivity contribution in [1.29, 1.82) is 0 Å². The molecule has 0 rings (SSSR count). The molecule has 0 saturated heterocycles. The third kappa shape index (κ3) is 33.7. The minimum absolute atomic E-state index is 0. The fourth-order valence-corrected chi connectivity index (χ4v) is 2.66. The molecule has 238 valence electrons. The van der Waals surface area contributed by atoms with Gasteiger partial charge in [-0.2, -0.15) is 0 Å². The smallest absolute Gasteiger partial charge is 0.306 e. The number of unbranched alkanes of at least 4 members (excludes halogenated alkanes) is 8. The lowest BCUT2D eigenvalue weighted by Crippen LogP contribution is -2.27. The van der Waals surface area contributed by atoms with Crippen LogP contribution in [0.1, 0.15) is 104 Å². The van der Waals surface area contributed by atoms with Gasteiger partial charge in [0.1, 0.15) is 12.9 Å². The number of esters is 1. The first kappa shape index (κ1) is 37.9. The number of carbonyl (C=O) groups is 2. The van der Waals surface area contributed by atoms with Crippen molar-refractivity contribution in [3.8, 4) is 83.0 Å². The molecular weight excluding hydrogens is 506 g/mol. The molecule has 7 heteroatoms. The zero-order valence-electron chi connectivity index (χ0n) is 23.8. The summed E-state index contributed by atoms with van der Waals surface area (Å²) < 4.78 is 9.75. The number of amides is 1. The lowest BCUT2D eigenvalue weighted by Gasteiger charge is -2.14. The maximum atomic E-state index is 11.5. The van der Waals surface area contributed by atoms with Crippen molar-refractivity contribution in [2.45, 2.75) is 91.1 Å². The van der Waals surface area contributed by atoms with Crippen molar-refractivity contribution in [1.82, 2.24) is 5.32 Å². The Hall–Kier alpha value is -4.26. The molecule has 7 nitrogen and oxygen atoms in total. The Labute approximate surface area is 259 Å². The van der Waals surface area contributed by atoms with Crippen molar-refractivity contribution < 1.29 is 47.8 Å². The summed E-state index contributed by atoms with van der Waals surface area (Å²) in [7, 11) is 0. The minimum atomic E-state index is -0.678. The molecule has 0 aromatic carbocycles. The second kappa shape index (κ2) is 32.8. The number of nitrogens with one attached hydrogen (secondary N) is 1. The van der Waals surface area contributed by atoms with E-state index in [0.717, 1.165) is 19.3 Å². The van der Waals surface area contributed by atoms with E-state index in [0.29, 0.717) is 6.42 Å². The molecule has 0 bridgehead atoms. The lowest BCUT2D eigenvalue weighted by molar-refractivity contribution is -0.157. The molecule has 1 amide bonds. The highest BCUT2D eigenvalue weighted by atomic mass is 16.6. The minimum Gasteiger partial charge on any atom is -0.457 e. The summed E-state index contributed by atoms with van der Waals surface area (Å²) >= 11 is 0. The maximum absolute atomic E-state index is 11.5. The summed E-state index contributed by atoms with van der Waals surface area (Å²) in [5.41, 5.74) is 0. The van der Waals surface area contributed by atoms with Crippen LogP contribution in [0.25, 0.3) is 0 Å². The molecular formula is C33H65NO6. The van der Waals surface area contributed by atoms with Crippen LogP contribution in [0, 0.1) is 83.0 Å². The molecule has 0 unspecified atom stereocenters. The molecule has 0 aliphatic carbocycles. The lowest BCUT2D eigenvalue weighted by atomic mass is 10.1. The fraction of sp³-hybridized carbons (Fsp3) is 0.515. The van der Waals surface area contributed by atoms with Crippen LogP contribution in [0.4, 0.5) is 0 Å². The first-order valence-corrected chi connectivity index (χ1v) is 13.2. The van der Waals surface area contributed by atoms with E-state index in [4.69, 9.17) is 19.7 Å². The van der Waals surface area contributed by atoms with E-state index in [1.807, 2.05) is 0 Å². The zero-order valence-corrected chi connectivity index (χ0v) is 23.8. The van der Waals surface area contributed by atoms with Crippen LogP contribution in [-0.2, 0) is 19.1 Å². The predicted molar refractivity (Wildman–Crippen MR) is 183 cm³/mol. The number of hydrogen-bond acceptors (Lipinski definition) is 6. The normalized spacial score (nSPS) is 8.72. The van der Waals surface area contributed by atoms with Crippen LogP contribution in [-0.4, -0.2) is 48.2 Å². The largest absolute Gasteiger partial charge is 0.457 e. The second-order valence-corrected chi connectivity index (χ2v) is 7.93. The molecule has 0 fully saturated rings. The molecule has 0 aliphatic rings.